The van der Waals surface area contributed by atoms with Crippen molar-refractivity contribution in [1.29, 1.82) is 0 Å². The normalized spacial score (nSPS) is 19.0. The average Bonchev–Trinajstić information content (AvgIpc) is 2.74. The van der Waals surface area contributed by atoms with Gasteiger partial charge in [0, 0.05) is 0 Å². The van der Waals surface area contributed by atoms with E-state index in [2.05, 4.69) is 53.6 Å². The van der Waals surface area contributed by atoms with Crippen molar-refractivity contribution in [3.8, 4) is 0 Å². The van der Waals surface area contributed by atoms with Crippen molar-refractivity contribution in [3.05, 3.63) is 120 Å². The highest BCUT2D eigenvalue weighted by Crippen LogP contribution is 2.38. The minimum absolute atomic E-state index is 0.00734. The Hall–Kier alpha value is -3.17. The molecule has 3 aromatic rings. The summed E-state index contributed by atoms with van der Waals surface area (Å²) in [5, 5.41) is 6.58. The summed E-state index contributed by atoms with van der Waals surface area (Å²) < 4.78 is 0. The van der Waals surface area contributed by atoms with Gasteiger partial charge in [0.1, 0.15) is 6.04 Å². The summed E-state index contributed by atoms with van der Waals surface area (Å²) >= 11 is 0. The van der Waals surface area contributed by atoms with Crippen LogP contribution in [-0.2, 0) is 10.3 Å². The topological polar surface area (TPSA) is 41.1 Å². The lowest BCUT2D eigenvalue weighted by molar-refractivity contribution is -0.131. The summed E-state index contributed by atoms with van der Waals surface area (Å²) in [4.78, 5) is 12.4. The lowest BCUT2D eigenvalue weighted by atomic mass is 9.75. The summed E-state index contributed by atoms with van der Waals surface area (Å²) in [7, 11) is 0. The predicted octanol–water partition coefficient (Wildman–Crippen LogP) is 3.62. The van der Waals surface area contributed by atoms with E-state index in [1.54, 1.807) is 6.08 Å². The number of benzene rings is 3. The maximum absolute atomic E-state index is 12.4. The first kappa shape index (κ1) is 17.3. The molecule has 1 amide bonds. The van der Waals surface area contributed by atoms with Gasteiger partial charge < -0.3 is 5.32 Å². The maximum Gasteiger partial charge on any atom is 0.240 e. The zero-order valence-electron chi connectivity index (χ0n) is 15.0. The summed E-state index contributed by atoms with van der Waals surface area (Å²) in [6, 6.07) is 30.4. The Bertz CT molecular complexity index is 826. The highest BCUT2D eigenvalue weighted by atomic mass is 16.2. The van der Waals surface area contributed by atoms with Crippen LogP contribution in [-0.4, -0.2) is 18.0 Å². The highest BCUT2D eigenvalue weighted by Gasteiger charge is 2.45. The van der Waals surface area contributed by atoms with E-state index < -0.39 is 5.54 Å². The number of amides is 1. The van der Waals surface area contributed by atoms with Crippen LogP contribution in [0.3, 0.4) is 0 Å². The number of β-lactam (4-membered cyclic amide) rings is 1. The number of carbonyl (C=O) groups is 1. The molecule has 0 unspecified atom stereocenters. The van der Waals surface area contributed by atoms with Crippen LogP contribution in [0.25, 0.3) is 0 Å². The number of nitrogens with one attached hydrogen (secondary N) is 2. The van der Waals surface area contributed by atoms with E-state index in [1.165, 1.54) is 0 Å². The van der Waals surface area contributed by atoms with E-state index >= 15 is 0 Å². The summed E-state index contributed by atoms with van der Waals surface area (Å²) in [6.45, 7) is 3.86. The smallest absolute Gasteiger partial charge is 0.240 e. The van der Waals surface area contributed by atoms with Crippen molar-refractivity contribution >= 4 is 5.91 Å². The Kier molecular flexibility index (Phi) is 4.61. The monoisotopic (exact) mass is 354 g/mol. The third kappa shape index (κ3) is 2.96. The second-order valence-electron chi connectivity index (χ2n) is 6.74. The molecule has 3 aromatic carbocycles. The summed E-state index contributed by atoms with van der Waals surface area (Å²) in [6.07, 6.45) is 1.78. The molecule has 27 heavy (non-hydrogen) atoms. The van der Waals surface area contributed by atoms with Crippen molar-refractivity contribution in [2.75, 3.05) is 0 Å². The highest BCUT2D eigenvalue weighted by molar-refractivity contribution is 5.90. The number of rotatable bonds is 6. The van der Waals surface area contributed by atoms with Crippen molar-refractivity contribution in [2.45, 2.75) is 17.6 Å². The fourth-order valence-electron chi connectivity index (χ4n) is 3.80. The first-order valence-corrected chi connectivity index (χ1v) is 9.13. The molecule has 0 spiro atoms. The molecular formula is C24H22N2O. The first-order chi connectivity index (χ1) is 13.3. The van der Waals surface area contributed by atoms with Gasteiger partial charge in [0.2, 0.25) is 5.91 Å². The van der Waals surface area contributed by atoms with Crippen LogP contribution in [0, 0.1) is 0 Å². The maximum atomic E-state index is 12.4. The quantitative estimate of drug-likeness (QED) is 0.403. The number of hydrogen-bond acceptors (Lipinski definition) is 2. The second-order valence-corrected chi connectivity index (χ2v) is 6.74. The minimum Gasteiger partial charge on any atom is -0.346 e. The van der Waals surface area contributed by atoms with E-state index in [0.717, 1.165) is 16.7 Å². The first-order valence-electron chi connectivity index (χ1n) is 9.13. The molecule has 1 saturated heterocycles. The standard InChI is InChI=1S/C24H22N2O/c1-2-21-22(23(27)25-21)26-24(18-12-6-3-7-13-18,19-14-8-4-9-15-19)20-16-10-5-11-17-20/h2-17,21-22,26H,1H2,(H,25,27)/t21-,22-/m0/s1. The molecule has 1 aliphatic rings. The van der Waals surface area contributed by atoms with E-state index in [1.807, 2.05) is 54.6 Å². The van der Waals surface area contributed by atoms with Crippen LogP contribution in [0.1, 0.15) is 16.7 Å². The van der Waals surface area contributed by atoms with E-state index in [0.29, 0.717) is 0 Å². The lowest BCUT2D eigenvalue weighted by Gasteiger charge is -2.45. The largest absolute Gasteiger partial charge is 0.346 e. The Morgan fingerprint density at radius 1 is 0.778 bits per heavy atom. The molecule has 1 aliphatic heterocycles. The van der Waals surface area contributed by atoms with E-state index in [-0.39, 0.29) is 18.0 Å². The molecule has 2 N–H and O–H groups in total. The van der Waals surface area contributed by atoms with Gasteiger partial charge in [-0.25, -0.2) is 0 Å². The zero-order valence-corrected chi connectivity index (χ0v) is 15.0. The molecule has 4 rings (SSSR count). The summed E-state index contributed by atoms with van der Waals surface area (Å²) in [5.74, 6) is -0.00734. The molecule has 0 bridgehead atoms. The van der Waals surface area contributed by atoms with Gasteiger partial charge >= 0.3 is 0 Å². The van der Waals surface area contributed by atoms with Crippen LogP contribution >= 0.6 is 0 Å². The van der Waals surface area contributed by atoms with Crippen molar-refractivity contribution in [2.24, 2.45) is 0 Å². The summed E-state index contributed by atoms with van der Waals surface area (Å²) in [5.41, 5.74) is 2.62. The SMILES string of the molecule is C=C[C@@H]1NC(=O)[C@H]1NC(c1ccccc1)(c1ccccc1)c1ccccc1. The fraction of sp³-hybridized carbons (Fsp3) is 0.125. The Morgan fingerprint density at radius 2 is 1.19 bits per heavy atom. The van der Waals surface area contributed by atoms with Crippen LogP contribution in [0.5, 0.6) is 0 Å². The van der Waals surface area contributed by atoms with Gasteiger partial charge in [0.25, 0.3) is 0 Å². The van der Waals surface area contributed by atoms with E-state index in [9.17, 15) is 4.79 Å². The van der Waals surface area contributed by atoms with Crippen LogP contribution in [0.15, 0.2) is 104 Å². The van der Waals surface area contributed by atoms with Crippen molar-refractivity contribution in [3.63, 3.8) is 0 Å². The Morgan fingerprint density at radius 3 is 1.52 bits per heavy atom. The lowest BCUT2D eigenvalue weighted by Crippen LogP contribution is -2.71. The predicted molar refractivity (Wildman–Crippen MR) is 108 cm³/mol. The average molecular weight is 354 g/mol. The molecule has 3 heteroatoms. The van der Waals surface area contributed by atoms with Crippen LogP contribution < -0.4 is 10.6 Å². The van der Waals surface area contributed by atoms with Crippen molar-refractivity contribution in [1.82, 2.24) is 10.6 Å². The molecule has 0 aliphatic carbocycles. The molecule has 134 valence electrons. The van der Waals surface area contributed by atoms with Gasteiger partial charge in [-0.3, -0.25) is 10.1 Å². The molecule has 2 atom stereocenters. The molecular weight excluding hydrogens is 332 g/mol. The molecule has 3 nitrogen and oxygen atoms in total. The molecule has 0 saturated carbocycles. The van der Waals surface area contributed by atoms with Gasteiger partial charge in [0.05, 0.1) is 11.6 Å². The third-order valence-corrected chi connectivity index (χ3v) is 5.20. The van der Waals surface area contributed by atoms with Crippen molar-refractivity contribution < 1.29 is 4.79 Å². The molecule has 1 heterocycles. The molecule has 0 aromatic heterocycles. The zero-order chi connectivity index (χ0) is 18.7. The fourth-order valence-corrected chi connectivity index (χ4v) is 3.80. The second kappa shape index (κ2) is 7.22. The van der Waals surface area contributed by atoms with Gasteiger partial charge in [-0.1, -0.05) is 97.1 Å². The van der Waals surface area contributed by atoms with Crippen LogP contribution in [0.2, 0.25) is 0 Å². The van der Waals surface area contributed by atoms with Gasteiger partial charge in [-0.15, -0.1) is 6.58 Å². The van der Waals surface area contributed by atoms with Gasteiger partial charge in [-0.05, 0) is 16.7 Å². The van der Waals surface area contributed by atoms with Gasteiger partial charge in [-0.2, -0.15) is 0 Å². The molecule has 0 radical (unpaired) electrons. The van der Waals surface area contributed by atoms with E-state index in [4.69, 9.17) is 0 Å². The Balaban J connectivity index is 1.95. The van der Waals surface area contributed by atoms with Crippen LogP contribution in [0.4, 0.5) is 0 Å². The number of carbonyl (C=O) groups excluding carboxylic acids is 1. The van der Waals surface area contributed by atoms with Gasteiger partial charge in [0.15, 0.2) is 0 Å². The third-order valence-electron chi connectivity index (χ3n) is 5.20. The Labute approximate surface area is 159 Å². The number of hydrogen-bond donors (Lipinski definition) is 2. The molecule has 1 fully saturated rings. The minimum atomic E-state index is -0.645.